The quantitative estimate of drug-likeness (QED) is 0.743. The van der Waals surface area contributed by atoms with Gasteiger partial charge >= 0.3 is 12.3 Å². The van der Waals surface area contributed by atoms with E-state index in [2.05, 4.69) is 14.2 Å². The zero-order valence-corrected chi connectivity index (χ0v) is 14.8. The van der Waals surface area contributed by atoms with Crippen LogP contribution in [0, 0.1) is 0 Å². The first kappa shape index (κ1) is 20.4. The lowest BCUT2D eigenvalue weighted by molar-refractivity contribution is -0.274. The molecule has 27 heavy (non-hydrogen) atoms. The average Bonchev–Trinajstić information content (AvgIpc) is 2.60. The van der Waals surface area contributed by atoms with Crippen LogP contribution in [0.4, 0.5) is 18.9 Å². The predicted molar refractivity (Wildman–Crippen MR) is 88.3 cm³/mol. The number of halogens is 3. The minimum absolute atomic E-state index is 0.134. The van der Waals surface area contributed by atoms with Gasteiger partial charge < -0.3 is 14.2 Å². The van der Waals surface area contributed by atoms with Gasteiger partial charge in [0, 0.05) is 6.07 Å². The van der Waals surface area contributed by atoms with E-state index in [0.29, 0.717) is 6.07 Å². The molecule has 2 aromatic carbocycles. The van der Waals surface area contributed by atoms with E-state index >= 15 is 0 Å². The fraction of sp³-hybridized carbons (Fsp3) is 0.188. The van der Waals surface area contributed by atoms with Crippen LogP contribution in [0.15, 0.2) is 47.4 Å². The molecule has 0 bridgehead atoms. The molecule has 0 saturated carbocycles. The molecule has 0 unspecified atom stereocenters. The predicted octanol–water partition coefficient (Wildman–Crippen LogP) is 3.18. The molecule has 0 fully saturated rings. The second-order valence-corrected chi connectivity index (χ2v) is 6.71. The summed E-state index contributed by atoms with van der Waals surface area (Å²) in [6.07, 6.45) is -4.97. The minimum atomic E-state index is -4.97. The number of carbonyl (C=O) groups is 1. The fourth-order valence-corrected chi connectivity index (χ4v) is 3.17. The third-order valence-electron chi connectivity index (χ3n) is 3.23. The van der Waals surface area contributed by atoms with E-state index in [9.17, 15) is 26.4 Å². The Bertz CT molecular complexity index is 943. The first-order valence-corrected chi connectivity index (χ1v) is 8.69. The number of methoxy groups -OCH3 is 2. The van der Waals surface area contributed by atoms with Gasteiger partial charge in [-0.05, 0) is 30.3 Å². The van der Waals surface area contributed by atoms with Crippen molar-refractivity contribution in [3.05, 3.63) is 48.0 Å². The van der Waals surface area contributed by atoms with Crippen LogP contribution in [-0.2, 0) is 14.8 Å². The molecule has 0 aliphatic heterocycles. The minimum Gasteiger partial charge on any atom is -0.497 e. The molecular weight excluding hydrogens is 391 g/mol. The van der Waals surface area contributed by atoms with Crippen molar-refractivity contribution in [3.63, 3.8) is 0 Å². The molecule has 2 aromatic rings. The third-order valence-corrected chi connectivity index (χ3v) is 4.59. The number of hydrogen-bond donors (Lipinski definition) is 1. The highest BCUT2D eigenvalue weighted by Crippen LogP contribution is 2.28. The van der Waals surface area contributed by atoms with Gasteiger partial charge in [0.25, 0.3) is 10.0 Å². The van der Waals surface area contributed by atoms with Crippen LogP contribution in [-0.4, -0.2) is 35.0 Å². The molecule has 0 heterocycles. The van der Waals surface area contributed by atoms with Crippen LogP contribution in [0.3, 0.4) is 0 Å². The Balaban J connectivity index is 2.39. The number of anilines is 1. The van der Waals surface area contributed by atoms with Crippen LogP contribution in [0.2, 0.25) is 0 Å². The normalized spacial score (nSPS) is 11.6. The highest BCUT2D eigenvalue weighted by atomic mass is 32.2. The van der Waals surface area contributed by atoms with Gasteiger partial charge in [-0.1, -0.05) is 6.07 Å². The van der Waals surface area contributed by atoms with E-state index < -0.39 is 33.0 Å². The highest BCUT2D eigenvalue weighted by molar-refractivity contribution is 7.92. The van der Waals surface area contributed by atoms with Crippen molar-refractivity contribution >= 4 is 21.7 Å². The lowest BCUT2D eigenvalue weighted by Crippen LogP contribution is -2.18. The van der Waals surface area contributed by atoms with Crippen molar-refractivity contribution in [1.82, 2.24) is 0 Å². The van der Waals surface area contributed by atoms with Gasteiger partial charge in [0.15, 0.2) is 0 Å². The number of carbonyl (C=O) groups excluding carboxylic acids is 1. The van der Waals surface area contributed by atoms with Gasteiger partial charge in [-0.15, -0.1) is 13.2 Å². The van der Waals surface area contributed by atoms with Gasteiger partial charge in [-0.2, -0.15) is 0 Å². The fourth-order valence-electron chi connectivity index (χ4n) is 2.06. The molecule has 0 aromatic heterocycles. The Kier molecular flexibility index (Phi) is 5.84. The van der Waals surface area contributed by atoms with Crippen molar-refractivity contribution < 1.29 is 40.6 Å². The van der Waals surface area contributed by atoms with E-state index in [1.807, 2.05) is 0 Å². The molecule has 0 spiro atoms. The van der Waals surface area contributed by atoms with Crippen LogP contribution in [0.5, 0.6) is 11.5 Å². The molecule has 0 atom stereocenters. The van der Waals surface area contributed by atoms with Crippen LogP contribution in [0.1, 0.15) is 10.4 Å². The number of ether oxygens (including phenoxy) is 3. The monoisotopic (exact) mass is 405 g/mol. The number of alkyl halides is 3. The summed E-state index contributed by atoms with van der Waals surface area (Å²) in [6, 6.07) is 7.74. The molecule has 7 nitrogen and oxygen atoms in total. The molecule has 146 valence electrons. The third kappa shape index (κ3) is 5.26. The van der Waals surface area contributed by atoms with Crippen molar-refractivity contribution in [3.8, 4) is 11.5 Å². The van der Waals surface area contributed by atoms with Gasteiger partial charge in [-0.3, -0.25) is 4.72 Å². The number of sulfonamides is 1. The molecule has 11 heteroatoms. The summed E-state index contributed by atoms with van der Waals surface area (Å²) in [6.45, 7) is 0. The van der Waals surface area contributed by atoms with Crippen molar-refractivity contribution in [2.45, 2.75) is 11.3 Å². The lowest BCUT2D eigenvalue weighted by Gasteiger charge is -2.14. The Morgan fingerprint density at radius 3 is 2.33 bits per heavy atom. The summed E-state index contributed by atoms with van der Waals surface area (Å²) < 4.78 is 77.4. The zero-order chi connectivity index (χ0) is 20.2. The van der Waals surface area contributed by atoms with E-state index in [1.54, 1.807) is 0 Å². The summed E-state index contributed by atoms with van der Waals surface area (Å²) in [5, 5.41) is 0. The summed E-state index contributed by atoms with van der Waals surface area (Å²) in [7, 11) is -1.86. The van der Waals surface area contributed by atoms with Crippen LogP contribution < -0.4 is 14.2 Å². The number of rotatable bonds is 6. The number of hydrogen-bond acceptors (Lipinski definition) is 6. The van der Waals surface area contributed by atoms with Crippen molar-refractivity contribution in [2.24, 2.45) is 0 Å². The second-order valence-electron chi connectivity index (χ2n) is 5.03. The molecule has 0 radical (unpaired) electrons. The number of esters is 1. The molecule has 0 amide bonds. The Labute approximate surface area is 152 Å². The second kappa shape index (κ2) is 7.74. The van der Waals surface area contributed by atoms with Crippen molar-refractivity contribution in [1.29, 1.82) is 0 Å². The first-order valence-electron chi connectivity index (χ1n) is 7.21. The molecule has 1 N–H and O–H groups in total. The number of nitrogens with one attached hydrogen (secondary N) is 1. The molecule has 0 saturated heterocycles. The molecule has 2 rings (SSSR count). The first-order chi connectivity index (χ1) is 12.6. The topological polar surface area (TPSA) is 90.9 Å². The largest absolute Gasteiger partial charge is 0.573 e. The highest BCUT2D eigenvalue weighted by Gasteiger charge is 2.31. The molecule has 0 aliphatic carbocycles. The Morgan fingerprint density at radius 2 is 1.74 bits per heavy atom. The smallest absolute Gasteiger partial charge is 0.497 e. The maximum atomic E-state index is 12.5. The standard InChI is InChI=1S/C16H14F3NO6S/c1-24-10-6-7-14(13(9-10)15(21)25-2)20-27(22,23)12-5-3-4-11(8-12)26-16(17,18)19/h3-9,20H,1-2H3. The van der Waals surface area contributed by atoms with Crippen molar-refractivity contribution in [2.75, 3.05) is 18.9 Å². The average molecular weight is 405 g/mol. The van der Waals surface area contributed by atoms with E-state index in [4.69, 9.17) is 4.74 Å². The Hall–Kier alpha value is -2.95. The van der Waals surface area contributed by atoms with E-state index in [0.717, 1.165) is 25.3 Å². The summed E-state index contributed by atoms with van der Waals surface area (Å²) in [4.78, 5) is 11.4. The molecule has 0 aliphatic rings. The van der Waals surface area contributed by atoms with Gasteiger partial charge in [-0.25, -0.2) is 13.2 Å². The lowest BCUT2D eigenvalue weighted by atomic mass is 10.2. The maximum absolute atomic E-state index is 12.5. The Morgan fingerprint density at radius 1 is 1.04 bits per heavy atom. The van der Waals surface area contributed by atoms with Gasteiger partial charge in [0.05, 0.1) is 30.4 Å². The van der Waals surface area contributed by atoms with E-state index in [-0.39, 0.29) is 17.0 Å². The maximum Gasteiger partial charge on any atom is 0.573 e. The van der Waals surface area contributed by atoms with Crippen LogP contribution >= 0.6 is 0 Å². The van der Waals surface area contributed by atoms with Crippen LogP contribution in [0.25, 0.3) is 0 Å². The SMILES string of the molecule is COC(=O)c1cc(OC)ccc1NS(=O)(=O)c1cccc(OC(F)(F)F)c1. The summed E-state index contributed by atoms with van der Waals surface area (Å²) in [5.74, 6) is -1.26. The summed E-state index contributed by atoms with van der Waals surface area (Å²) in [5.41, 5.74) is -0.270. The van der Waals surface area contributed by atoms with E-state index in [1.165, 1.54) is 25.3 Å². The zero-order valence-electron chi connectivity index (χ0n) is 14.0. The van der Waals surface area contributed by atoms with Gasteiger partial charge in [0.1, 0.15) is 11.5 Å². The summed E-state index contributed by atoms with van der Waals surface area (Å²) >= 11 is 0. The van der Waals surface area contributed by atoms with Gasteiger partial charge in [0.2, 0.25) is 0 Å². The molecular formula is C16H14F3NO6S. The number of benzene rings is 2.